The Kier molecular flexibility index (Phi) is 5.86. The molecule has 1 atom stereocenters. The van der Waals surface area contributed by atoms with Gasteiger partial charge >= 0.3 is 0 Å². The number of ether oxygens (including phenoxy) is 2. The molecule has 4 nitrogen and oxygen atoms in total. The fourth-order valence-corrected chi connectivity index (χ4v) is 4.86. The number of hydrogen-bond donors (Lipinski definition) is 0. The Hall–Kier alpha value is -2.79. The van der Waals surface area contributed by atoms with Gasteiger partial charge in [0.05, 0.1) is 20.3 Å². The van der Waals surface area contributed by atoms with Gasteiger partial charge in [-0.15, -0.1) is 11.3 Å². The molecular formula is C24H25NO3S. The van der Waals surface area contributed by atoms with Crippen LogP contribution in [0.25, 0.3) is 0 Å². The maximum absolute atomic E-state index is 13.2. The van der Waals surface area contributed by atoms with E-state index in [1.165, 1.54) is 16.0 Å². The smallest absolute Gasteiger partial charge is 0.223 e. The van der Waals surface area contributed by atoms with E-state index in [0.717, 1.165) is 24.2 Å². The number of aryl methyl sites for hydroxylation is 1. The van der Waals surface area contributed by atoms with Crippen molar-refractivity contribution in [3.05, 3.63) is 81.5 Å². The molecule has 0 fully saturated rings. The highest BCUT2D eigenvalue weighted by atomic mass is 32.1. The molecule has 0 aliphatic carbocycles. The first-order chi connectivity index (χ1) is 14.2. The first-order valence-corrected chi connectivity index (χ1v) is 10.7. The summed E-state index contributed by atoms with van der Waals surface area (Å²) >= 11 is 1.69. The number of carbonyl (C=O) groups excluding carboxylic acids is 1. The summed E-state index contributed by atoms with van der Waals surface area (Å²) in [5.74, 6) is 1.62. The third-order valence-corrected chi connectivity index (χ3v) is 6.40. The largest absolute Gasteiger partial charge is 0.493 e. The van der Waals surface area contributed by atoms with Crippen molar-refractivity contribution >= 4 is 17.2 Å². The van der Waals surface area contributed by atoms with Crippen molar-refractivity contribution in [2.75, 3.05) is 20.8 Å². The summed E-state index contributed by atoms with van der Waals surface area (Å²) in [6.45, 7) is 0.707. The number of benzene rings is 2. The highest BCUT2D eigenvalue weighted by Gasteiger charge is 2.33. The summed E-state index contributed by atoms with van der Waals surface area (Å²) < 4.78 is 11.0. The number of fused-ring (bicyclic) bond motifs is 1. The highest BCUT2D eigenvalue weighted by molar-refractivity contribution is 7.10. The van der Waals surface area contributed by atoms with Crippen LogP contribution in [0, 0.1) is 0 Å². The second-order valence-corrected chi connectivity index (χ2v) is 8.13. The molecule has 0 spiro atoms. The van der Waals surface area contributed by atoms with Gasteiger partial charge in [-0.3, -0.25) is 4.79 Å². The Morgan fingerprint density at radius 3 is 2.52 bits per heavy atom. The molecule has 1 aliphatic heterocycles. The van der Waals surface area contributed by atoms with Gasteiger partial charge in [-0.25, -0.2) is 0 Å². The molecule has 150 valence electrons. The Bertz CT molecular complexity index is 969. The lowest BCUT2D eigenvalue weighted by atomic mass is 9.90. The standard InChI is InChI=1S/C24H25NO3S/c1-27-20-15-18-12-13-25(23(26)11-10-17-7-4-3-5-8-17)24(22-9-6-14-29-22)19(18)16-21(20)28-2/h3-9,14-16,24H,10-13H2,1-2H3/t24-/m0/s1. The number of hydrogen-bond acceptors (Lipinski definition) is 4. The van der Waals surface area contributed by atoms with E-state index in [0.29, 0.717) is 18.7 Å². The molecule has 4 rings (SSSR count). The molecule has 3 aromatic rings. The van der Waals surface area contributed by atoms with Gasteiger partial charge in [0.1, 0.15) is 0 Å². The average molecular weight is 408 g/mol. The van der Waals surface area contributed by atoms with Gasteiger partial charge in [-0.05, 0) is 53.1 Å². The summed E-state index contributed by atoms with van der Waals surface area (Å²) in [7, 11) is 3.30. The Balaban J connectivity index is 1.65. The van der Waals surface area contributed by atoms with Gasteiger partial charge in [0.15, 0.2) is 11.5 Å². The number of rotatable bonds is 6. The zero-order valence-corrected chi connectivity index (χ0v) is 17.6. The fraction of sp³-hybridized carbons (Fsp3) is 0.292. The van der Waals surface area contributed by atoms with Crippen molar-refractivity contribution in [3.8, 4) is 11.5 Å². The maximum Gasteiger partial charge on any atom is 0.223 e. The molecule has 0 bridgehead atoms. The average Bonchev–Trinajstić information content (AvgIpc) is 3.30. The minimum absolute atomic E-state index is 0.0816. The van der Waals surface area contributed by atoms with Crippen molar-refractivity contribution in [2.24, 2.45) is 0 Å². The Labute approximate surface area is 175 Å². The van der Waals surface area contributed by atoms with Crippen LogP contribution in [0.4, 0.5) is 0 Å². The molecule has 0 N–H and O–H groups in total. The molecule has 0 saturated carbocycles. The quantitative estimate of drug-likeness (QED) is 0.585. The van der Waals surface area contributed by atoms with Crippen LogP contribution in [0.5, 0.6) is 11.5 Å². The molecule has 5 heteroatoms. The van der Waals surface area contributed by atoms with E-state index < -0.39 is 0 Å². The van der Waals surface area contributed by atoms with E-state index >= 15 is 0 Å². The van der Waals surface area contributed by atoms with Crippen LogP contribution in [0.1, 0.15) is 34.0 Å². The van der Waals surface area contributed by atoms with Crippen molar-refractivity contribution < 1.29 is 14.3 Å². The molecule has 0 radical (unpaired) electrons. The van der Waals surface area contributed by atoms with E-state index in [1.807, 2.05) is 35.2 Å². The lowest BCUT2D eigenvalue weighted by Crippen LogP contribution is -2.40. The zero-order chi connectivity index (χ0) is 20.2. The summed E-state index contributed by atoms with van der Waals surface area (Å²) in [5.41, 5.74) is 3.54. The van der Waals surface area contributed by atoms with E-state index in [4.69, 9.17) is 9.47 Å². The maximum atomic E-state index is 13.2. The Morgan fingerprint density at radius 2 is 1.83 bits per heavy atom. The molecule has 0 unspecified atom stereocenters. The van der Waals surface area contributed by atoms with Gasteiger partial charge < -0.3 is 14.4 Å². The first-order valence-electron chi connectivity index (χ1n) is 9.83. The number of nitrogens with zero attached hydrogens (tertiary/aromatic N) is 1. The lowest BCUT2D eigenvalue weighted by molar-refractivity contribution is -0.133. The van der Waals surface area contributed by atoms with Crippen LogP contribution in [0.15, 0.2) is 60.0 Å². The molecule has 2 aromatic carbocycles. The monoisotopic (exact) mass is 407 g/mol. The highest BCUT2D eigenvalue weighted by Crippen LogP contribution is 2.42. The second kappa shape index (κ2) is 8.70. The number of methoxy groups -OCH3 is 2. The molecule has 2 heterocycles. The topological polar surface area (TPSA) is 38.8 Å². The van der Waals surface area contributed by atoms with Gasteiger partial charge in [-0.1, -0.05) is 36.4 Å². The molecule has 29 heavy (non-hydrogen) atoms. The first kappa shape index (κ1) is 19.5. The van der Waals surface area contributed by atoms with Crippen LogP contribution < -0.4 is 9.47 Å². The minimum atomic E-state index is -0.0816. The molecular weight excluding hydrogens is 382 g/mol. The van der Waals surface area contributed by atoms with Crippen LogP contribution >= 0.6 is 11.3 Å². The third-order valence-electron chi connectivity index (χ3n) is 5.48. The Morgan fingerprint density at radius 1 is 1.07 bits per heavy atom. The third kappa shape index (κ3) is 4.01. The van der Waals surface area contributed by atoms with Crippen LogP contribution in [0.2, 0.25) is 0 Å². The van der Waals surface area contributed by atoms with Crippen molar-refractivity contribution in [1.29, 1.82) is 0 Å². The van der Waals surface area contributed by atoms with Crippen LogP contribution in [0.3, 0.4) is 0 Å². The van der Waals surface area contributed by atoms with E-state index in [2.05, 4.69) is 29.6 Å². The van der Waals surface area contributed by atoms with Crippen LogP contribution in [-0.4, -0.2) is 31.6 Å². The lowest BCUT2D eigenvalue weighted by Gasteiger charge is -2.37. The van der Waals surface area contributed by atoms with Crippen molar-refractivity contribution in [3.63, 3.8) is 0 Å². The SMILES string of the molecule is COc1cc2c(cc1OC)[C@@H](c1cccs1)N(C(=O)CCc1ccccc1)CC2. The normalized spacial score (nSPS) is 15.7. The fourth-order valence-electron chi connectivity index (χ4n) is 4.01. The van der Waals surface area contributed by atoms with Gasteiger partial charge in [0.25, 0.3) is 0 Å². The van der Waals surface area contributed by atoms with E-state index in [9.17, 15) is 4.79 Å². The molecule has 1 aromatic heterocycles. The van der Waals surface area contributed by atoms with E-state index in [1.54, 1.807) is 25.6 Å². The summed E-state index contributed by atoms with van der Waals surface area (Å²) in [5, 5.41) is 2.07. The van der Waals surface area contributed by atoms with E-state index in [-0.39, 0.29) is 11.9 Å². The van der Waals surface area contributed by atoms with Crippen molar-refractivity contribution in [2.45, 2.75) is 25.3 Å². The zero-order valence-electron chi connectivity index (χ0n) is 16.8. The molecule has 0 saturated heterocycles. The van der Waals surface area contributed by atoms with Gasteiger partial charge in [0.2, 0.25) is 5.91 Å². The molecule has 1 amide bonds. The minimum Gasteiger partial charge on any atom is -0.493 e. The summed E-state index contributed by atoms with van der Waals surface area (Å²) in [6.07, 6.45) is 2.08. The summed E-state index contributed by atoms with van der Waals surface area (Å²) in [6, 6.07) is 18.4. The molecule has 1 aliphatic rings. The predicted molar refractivity (Wildman–Crippen MR) is 116 cm³/mol. The number of thiophene rings is 1. The second-order valence-electron chi connectivity index (χ2n) is 7.15. The predicted octanol–water partition coefficient (Wildman–Crippen LogP) is 4.87. The van der Waals surface area contributed by atoms with Crippen molar-refractivity contribution in [1.82, 2.24) is 4.90 Å². The number of amides is 1. The van der Waals surface area contributed by atoms with Gasteiger partial charge in [0, 0.05) is 17.8 Å². The summed E-state index contributed by atoms with van der Waals surface area (Å²) in [4.78, 5) is 16.4. The van der Waals surface area contributed by atoms with Gasteiger partial charge in [-0.2, -0.15) is 0 Å². The number of carbonyl (C=O) groups is 1. The van der Waals surface area contributed by atoms with Crippen LogP contribution in [-0.2, 0) is 17.6 Å².